The highest BCUT2D eigenvalue weighted by Gasteiger charge is 2.38. The summed E-state index contributed by atoms with van der Waals surface area (Å²) in [6.07, 6.45) is 3.40. The molecule has 0 saturated carbocycles. The fraction of sp³-hybridized carbons (Fsp3) is 0.400. The van der Waals surface area contributed by atoms with Crippen LogP contribution in [-0.4, -0.2) is 62.7 Å². The largest absolute Gasteiger partial charge is 0.462 e. The number of oxazole rings is 1. The summed E-state index contributed by atoms with van der Waals surface area (Å²) >= 11 is 0. The molecule has 1 aromatic carbocycles. The summed E-state index contributed by atoms with van der Waals surface area (Å²) in [4.78, 5) is 21.7. The minimum atomic E-state index is -1.09. The molecular weight excluding hydrogens is 424 g/mol. The van der Waals surface area contributed by atoms with Gasteiger partial charge in [0.1, 0.15) is 17.7 Å². The van der Waals surface area contributed by atoms with E-state index in [0.717, 1.165) is 11.1 Å². The third kappa shape index (κ3) is 6.71. The van der Waals surface area contributed by atoms with E-state index in [1.807, 2.05) is 42.5 Å². The first-order valence-electron chi connectivity index (χ1n) is 10.8. The SMILES string of the molecule is COCCOCCOCCOC(=O)C(C)(C)c1nc(-c2ccccc2)c(-c2cccnc2)o1. The number of carbonyl (C=O) groups excluding carboxylic acids is 1. The highest BCUT2D eigenvalue weighted by Crippen LogP contribution is 2.36. The van der Waals surface area contributed by atoms with Gasteiger partial charge in [0.25, 0.3) is 0 Å². The maximum atomic E-state index is 12.8. The molecule has 3 aromatic rings. The van der Waals surface area contributed by atoms with Crippen molar-refractivity contribution in [2.75, 3.05) is 46.8 Å². The third-order valence-electron chi connectivity index (χ3n) is 4.91. The molecule has 0 fully saturated rings. The van der Waals surface area contributed by atoms with Crippen LogP contribution in [0.1, 0.15) is 19.7 Å². The topological polar surface area (TPSA) is 92.9 Å². The number of rotatable bonds is 13. The van der Waals surface area contributed by atoms with E-state index in [9.17, 15) is 4.79 Å². The molecule has 0 aliphatic rings. The van der Waals surface area contributed by atoms with E-state index < -0.39 is 11.4 Å². The Morgan fingerprint density at radius 3 is 2.24 bits per heavy atom. The first kappa shape index (κ1) is 24.6. The highest BCUT2D eigenvalue weighted by atomic mass is 16.6. The van der Waals surface area contributed by atoms with Gasteiger partial charge in [0.05, 0.1) is 33.0 Å². The number of hydrogen-bond acceptors (Lipinski definition) is 8. The zero-order valence-electron chi connectivity index (χ0n) is 19.3. The van der Waals surface area contributed by atoms with E-state index in [2.05, 4.69) is 9.97 Å². The van der Waals surface area contributed by atoms with Crippen LogP contribution < -0.4 is 0 Å². The minimum Gasteiger partial charge on any atom is -0.462 e. The molecule has 8 nitrogen and oxygen atoms in total. The van der Waals surface area contributed by atoms with Crippen LogP contribution in [0.2, 0.25) is 0 Å². The number of carbonyl (C=O) groups is 1. The third-order valence-corrected chi connectivity index (χ3v) is 4.91. The predicted octanol–water partition coefficient (Wildman–Crippen LogP) is 3.90. The molecule has 0 unspecified atom stereocenters. The molecule has 0 saturated heterocycles. The molecule has 0 bridgehead atoms. The van der Waals surface area contributed by atoms with Crippen molar-refractivity contribution < 1.29 is 28.2 Å². The van der Waals surface area contributed by atoms with E-state index in [0.29, 0.717) is 37.9 Å². The predicted molar refractivity (Wildman–Crippen MR) is 123 cm³/mol. The number of hydrogen-bond donors (Lipinski definition) is 0. The van der Waals surface area contributed by atoms with E-state index >= 15 is 0 Å². The van der Waals surface area contributed by atoms with Crippen molar-refractivity contribution in [1.29, 1.82) is 0 Å². The van der Waals surface area contributed by atoms with Crippen LogP contribution in [0.3, 0.4) is 0 Å². The number of pyridine rings is 1. The zero-order chi connectivity index (χ0) is 23.5. The summed E-state index contributed by atoms with van der Waals surface area (Å²) in [5.41, 5.74) is 1.22. The van der Waals surface area contributed by atoms with Crippen molar-refractivity contribution in [1.82, 2.24) is 9.97 Å². The first-order chi connectivity index (χ1) is 16.0. The van der Waals surface area contributed by atoms with Crippen molar-refractivity contribution in [2.24, 2.45) is 0 Å². The van der Waals surface area contributed by atoms with Gasteiger partial charge in [-0.3, -0.25) is 9.78 Å². The Morgan fingerprint density at radius 1 is 0.909 bits per heavy atom. The molecule has 0 atom stereocenters. The van der Waals surface area contributed by atoms with Crippen molar-refractivity contribution in [3.05, 3.63) is 60.7 Å². The number of benzene rings is 1. The van der Waals surface area contributed by atoms with Crippen LogP contribution in [-0.2, 0) is 29.2 Å². The lowest BCUT2D eigenvalue weighted by molar-refractivity contribution is -0.151. The van der Waals surface area contributed by atoms with Gasteiger partial charge in [-0.15, -0.1) is 0 Å². The average Bonchev–Trinajstić information content (AvgIpc) is 3.30. The molecule has 2 aromatic heterocycles. The summed E-state index contributed by atoms with van der Waals surface area (Å²) in [5, 5.41) is 0. The van der Waals surface area contributed by atoms with E-state index in [4.69, 9.17) is 23.4 Å². The Labute approximate surface area is 193 Å². The number of methoxy groups -OCH3 is 1. The van der Waals surface area contributed by atoms with E-state index in [-0.39, 0.29) is 19.1 Å². The highest BCUT2D eigenvalue weighted by molar-refractivity contribution is 5.82. The van der Waals surface area contributed by atoms with Crippen LogP contribution in [0, 0.1) is 0 Å². The zero-order valence-corrected chi connectivity index (χ0v) is 19.3. The van der Waals surface area contributed by atoms with Crippen LogP contribution in [0.5, 0.6) is 0 Å². The molecule has 0 radical (unpaired) electrons. The standard InChI is InChI=1S/C25H30N2O6/c1-25(2,24(28)32-17-16-31-15-14-30-13-12-29-3)23-27-21(19-8-5-4-6-9-19)22(33-23)20-10-7-11-26-18-20/h4-11,18H,12-17H2,1-3H3. The van der Waals surface area contributed by atoms with Crippen LogP contribution in [0.25, 0.3) is 22.6 Å². The molecule has 8 heteroatoms. The molecule has 2 heterocycles. The van der Waals surface area contributed by atoms with Gasteiger partial charge in [0.15, 0.2) is 5.76 Å². The normalized spacial score (nSPS) is 11.5. The second-order valence-corrected chi connectivity index (χ2v) is 7.78. The van der Waals surface area contributed by atoms with Crippen molar-refractivity contribution in [3.8, 4) is 22.6 Å². The molecule has 0 spiro atoms. The fourth-order valence-corrected chi connectivity index (χ4v) is 3.00. The lowest BCUT2D eigenvalue weighted by Gasteiger charge is -2.18. The second kappa shape index (κ2) is 12.2. The second-order valence-electron chi connectivity index (χ2n) is 7.78. The van der Waals surface area contributed by atoms with Crippen molar-refractivity contribution in [2.45, 2.75) is 19.3 Å². The quantitative estimate of drug-likeness (QED) is 0.284. The number of nitrogens with zero attached hydrogens (tertiary/aromatic N) is 2. The molecular formula is C25H30N2O6. The monoisotopic (exact) mass is 454 g/mol. The summed E-state index contributed by atoms with van der Waals surface area (Å²) in [6.45, 7) is 5.80. The smallest absolute Gasteiger partial charge is 0.321 e. The molecule has 3 rings (SSSR count). The van der Waals surface area contributed by atoms with Crippen LogP contribution in [0.4, 0.5) is 0 Å². The maximum absolute atomic E-state index is 12.8. The average molecular weight is 455 g/mol. The summed E-state index contributed by atoms with van der Waals surface area (Å²) in [5.74, 6) is 0.390. The Kier molecular flexibility index (Phi) is 9.12. The van der Waals surface area contributed by atoms with Gasteiger partial charge in [-0.25, -0.2) is 4.98 Å². The van der Waals surface area contributed by atoms with Crippen LogP contribution >= 0.6 is 0 Å². The molecule has 0 aliphatic carbocycles. The summed E-state index contributed by atoms with van der Waals surface area (Å²) in [7, 11) is 1.62. The van der Waals surface area contributed by atoms with Gasteiger partial charge < -0.3 is 23.4 Å². The summed E-state index contributed by atoms with van der Waals surface area (Å²) in [6, 6.07) is 13.4. The molecule has 176 valence electrons. The maximum Gasteiger partial charge on any atom is 0.321 e. The molecule has 0 N–H and O–H groups in total. The fourth-order valence-electron chi connectivity index (χ4n) is 3.00. The molecule has 0 amide bonds. The van der Waals surface area contributed by atoms with Crippen molar-refractivity contribution in [3.63, 3.8) is 0 Å². The molecule has 33 heavy (non-hydrogen) atoms. The van der Waals surface area contributed by atoms with E-state index in [1.165, 1.54) is 0 Å². The lowest BCUT2D eigenvalue weighted by atomic mass is 9.94. The van der Waals surface area contributed by atoms with Gasteiger partial charge in [0.2, 0.25) is 5.89 Å². The Morgan fingerprint density at radius 2 is 1.58 bits per heavy atom. The van der Waals surface area contributed by atoms with Crippen LogP contribution in [0.15, 0.2) is 59.3 Å². The number of ether oxygens (including phenoxy) is 4. The molecule has 0 aliphatic heterocycles. The van der Waals surface area contributed by atoms with Gasteiger partial charge in [0, 0.05) is 30.6 Å². The first-order valence-corrected chi connectivity index (χ1v) is 10.8. The Balaban J connectivity index is 1.65. The van der Waals surface area contributed by atoms with E-state index in [1.54, 1.807) is 33.4 Å². The summed E-state index contributed by atoms with van der Waals surface area (Å²) < 4.78 is 27.2. The number of esters is 1. The minimum absolute atomic E-state index is 0.127. The van der Waals surface area contributed by atoms with Gasteiger partial charge in [-0.1, -0.05) is 30.3 Å². The Bertz CT molecular complexity index is 932. The lowest BCUT2D eigenvalue weighted by Crippen LogP contribution is -2.32. The van der Waals surface area contributed by atoms with Gasteiger partial charge >= 0.3 is 5.97 Å². The number of aromatic nitrogens is 2. The van der Waals surface area contributed by atoms with Gasteiger partial charge in [-0.05, 0) is 26.0 Å². The van der Waals surface area contributed by atoms with Gasteiger partial charge in [-0.2, -0.15) is 0 Å². The van der Waals surface area contributed by atoms with Crippen molar-refractivity contribution >= 4 is 5.97 Å². The Hall–Kier alpha value is -3.07.